The molecule has 2 heteroatoms. The van der Waals surface area contributed by atoms with Gasteiger partial charge in [-0.25, -0.2) is 0 Å². The standard InChI is InChI=1S/C20H18BrN/c21-19-11-13-20(14-12-19)22(15-17-7-3-1-4-8-17)16-18-9-5-2-6-10-18/h1-14H,15-16H2. The van der Waals surface area contributed by atoms with Crippen molar-refractivity contribution in [2.75, 3.05) is 4.90 Å². The number of halogens is 1. The van der Waals surface area contributed by atoms with Crippen molar-refractivity contribution in [3.8, 4) is 0 Å². The maximum Gasteiger partial charge on any atom is 0.0433 e. The summed E-state index contributed by atoms with van der Waals surface area (Å²) in [4.78, 5) is 2.40. The number of anilines is 1. The first-order valence-electron chi connectivity index (χ1n) is 7.39. The number of benzene rings is 3. The second kappa shape index (κ2) is 7.28. The van der Waals surface area contributed by atoms with Gasteiger partial charge in [0.15, 0.2) is 0 Å². The van der Waals surface area contributed by atoms with Gasteiger partial charge in [-0.2, -0.15) is 0 Å². The highest BCUT2D eigenvalue weighted by molar-refractivity contribution is 9.10. The van der Waals surface area contributed by atoms with Crippen LogP contribution in [0, 0.1) is 0 Å². The molecule has 0 saturated carbocycles. The maximum absolute atomic E-state index is 3.51. The molecule has 0 atom stereocenters. The molecule has 0 saturated heterocycles. The van der Waals surface area contributed by atoms with E-state index in [9.17, 15) is 0 Å². The summed E-state index contributed by atoms with van der Waals surface area (Å²) in [5, 5.41) is 0. The summed E-state index contributed by atoms with van der Waals surface area (Å²) >= 11 is 3.51. The quantitative estimate of drug-likeness (QED) is 0.573. The Labute approximate surface area is 140 Å². The number of hydrogen-bond acceptors (Lipinski definition) is 1. The minimum atomic E-state index is 0.900. The Kier molecular flexibility index (Phi) is 4.92. The van der Waals surface area contributed by atoms with Gasteiger partial charge in [0.1, 0.15) is 0 Å². The Morgan fingerprint density at radius 3 is 1.50 bits per heavy atom. The van der Waals surface area contributed by atoms with E-state index in [1.54, 1.807) is 0 Å². The normalized spacial score (nSPS) is 10.4. The molecule has 0 N–H and O–H groups in total. The van der Waals surface area contributed by atoms with Gasteiger partial charge in [-0.15, -0.1) is 0 Å². The summed E-state index contributed by atoms with van der Waals surface area (Å²) < 4.78 is 1.11. The van der Waals surface area contributed by atoms with Crippen LogP contribution in [0.5, 0.6) is 0 Å². The van der Waals surface area contributed by atoms with Crippen molar-refractivity contribution in [3.63, 3.8) is 0 Å². The van der Waals surface area contributed by atoms with Crippen LogP contribution in [-0.2, 0) is 13.1 Å². The van der Waals surface area contributed by atoms with E-state index in [2.05, 4.69) is 106 Å². The summed E-state index contributed by atoms with van der Waals surface area (Å²) in [6.07, 6.45) is 0. The van der Waals surface area contributed by atoms with E-state index in [0.29, 0.717) is 0 Å². The van der Waals surface area contributed by atoms with Gasteiger partial charge in [0, 0.05) is 23.2 Å². The summed E-state index contributed by atoms with van der Waals surface area (Å²) in [6, 6.07) is 29.7. The Balaban J connectivity index is 1.86. The highest BCUT2D eigenvalue weighted by Crippen LogP contribution is 2.22. The third-order valence-electron chi connectivity index (χ3n) is 3.62. The van der Waals surface area contributed by atoms with Crippen molar-refractivity contribution in [1.29, 1.82) is 0 Å². The third-order valence-corrected chi connectivity index (χ3v) is 4.15. The van der Waals surface area contributed by atoms with E-state index in [0.717, 1.165) is 17.6 Å². The molecule has 0 aliphatic heterocycles. The van der Waals surface area contributed by atoms with E-state index < -0.39 is 0 Å². The molecule has 0 unspecified atom stereocenters. The summed E-state index contributed by atoms with van der Waals surface area (Å²) in [7, 11) is 0. The van der Waals surface area contributed by atoms with Crippen LogP contribution >= 0.6 is 15.9 Å². The van der Waals surface area contributed by atoms with Crippen LogP contribution in [0.4, 0.5) is 5.69 Å². The van der Waals surface area contributed by atoms with Crippen molar-refractivity contribution in [2.24, 2.45) is 0 Å². The molecular weight excluding hydrogens is 334 g/mol. The van der Waals surface area contributed by atoms with E-state index in [4.69, 9.17) is 0 Å². The van der Waals surface area contributed by atoms with Gasteiger partial charge in [-0.05, 0) is 35.4 Å². The predicted octanol–water partition coefficient (Wildman–Crippen LogP) is 5.66. The SMILES string of the molecule is Brc1ccc(N(Cc2ccccc2)Cc2ccccc2)cc1. The average Bonchev–Trinajstić information content (AvgIpc) is 2.57. The van der Waals surface area contributed by atoms with Crippen LogP contribution in [0.2, 0.25) is 0 Å². The monoisotopic (exact) mass is 351 g/mol. The molecule has 3 aromatic rings. The predicted molar refractivity (Wildman–Crippen MR) is 96.9 cm³/mol. The van der Waals surface area contributed by atoms with Gasteiger partial charge in [0.25, 0.3) is 0 Å². The minimum Gasteiger partial charge on any atom is -0.363 e. The molecule has 3 rings (SSSR count). The Hall–Kier alpha value is -2.06. The minimum absolute atomic E-state index is 0.900. The van der Waals surface area contributed by atoms with Crippen LogP contribution in [0.15, 0.2) is 89.4 Å². The van der Waals surface area contributed by atoms with Gasteiger partial charge in [0.2, 0.25) is 0 Å². The second-order valence-corrected chi connectivity index (χ2v) is 6.22. The van der Waals surface area contributed by atoms with Crippen LogP contribution < -0.4 is 4.90 Å². The van der Waals surface area contributed by atoms with E-state index in [1.807, 2.05) is 0 Å². The molecule has 0 aromatic heterocycles. The third kappa shape index (κ3) is 3.99. The van der Waals surface area contributed by atoms with Crippen LogP contribution in [0.1, 0.15) is 11.1 Å². The number of rotatable bonds is 5. The van der Waals surface area contributed by atoms with Gasteiger partial charge in [-0.3, -0.25) is 0 Å². The van der Waals surface area contributed by atoms with Crippen LogP contribution in [0.25, 0.3) is 0 Å². The first-order valence-corrected chi connectivity index (χ1v) is 8.19. The topological polar surface area (TPSA) is 3.24 Å². The van der Waals surface area contributed by atoms with Crippen molar-refractivity contribution in [1.82, 2.24) is 0 Å². The fraction of sp³-hybridized carbons (Fsp3) is 0.100. The second-order valence-electron chi connectivity index (χ2n) is 5.30. The van der Waals surface area contributed by atoms with Gasteiger partial charge in [-0.1, -0.05) is 76.6 Å². The van der Waals surface area contributed by atoms with Crippen molar-refractivity contribution in [2.45, 2.75) is 13.1 Å². The smallest absolute Gasteiger partial charge is 0.0433 e. The summed E-state index contributed by atoms with van der Waals surface area (Å²) in [6.45, 7) is 1.80. The first kappa shape index (κ1) is 14.9. The molecule has 1 nitrogen and oxygen atoms in total. The molecule has 0 aliphatic rings. The lowest BCUT2D eigenvalue weighted by molar-refractivity contribution is 0.800. The highest BCUT2D eigenvalue weighted by atomic mass is 79.9. The lowest BCUT2D eigenvalue weighted by Crippen LogP contribution is -2.21. The van der Waals surface area contributed by atoms with E-state index in [-0.39, 0.29) is 0 Å². The first-order chi connectivity index (χ1) is 10.8. The molecule has 0 spiro atoms. The van der Waals surface area contributed by atoms with Gasteiger partial charge < -0.3 is 4.90 Å². The summed E-state index contributed by atoms with van der Waals surface area (Å²) in [5.41, 5.74) is 3.87. The molecule has 110 valence electrons. The summed E-state index contributed by atoms with van der Waals surface area (Å²) in [5.74, 6) is 0. The highest BCUT2D eigenvalue weighted by Gasteiger charge is 2.08. The molecule has 0 bridgehead atoms. The molecule has 0 aliphatic carbocycles. The Morgan fingerprint density at radius 1 is 0.591 bits per heavy atom. The fourth-order valence-electron chi connectivity index (χ4n) is 2.50. The zero-order valence-electron chi connectivity index (χ0n) is 12.3. The van der Waals surface area contributed by atoms with E-state index in [1.165, 1.54) is 16.8 Å². The molecule has 0 radical (unpaired) electrons. The fourth-order valence-corrected chi connectivity index (χ4v) is 2.76. The maximum atomic E-state index is 3.51. The molecule has 3 aromatic carbocycles. The average molecular weight is 352 g/mol. The van der Waals surface area contributed by atoms with Crippen molar-refractivity contribution >= 4 is 21.6 Å². The van der Waals surface area contributed by atoms with Crippen molar-refractivity contribution in [3.05, 3.63) is 101 Å². The van der Waals surface area contributed by atoms with E-state index >= 15 is 0 Å². The largest absolute Gasteiger partial charge is 0.363 e. The lowest BCUT2D eigenvalue weighted by atomic mass is 10.1. The number of hydrogen-bond donors (Lipinski definition) is 0. The lowest BCUT2D eigenvalue weighted by Gasteiger charge is -2.25. The van der Waals surface area contributed by atoms with Crippen molar-refractivity contribution < 1.29 is 0 Å². The zero-order chi connectivity index (χ0) is 15.2. The Bertz CT molecular complexity index is 651. The Morgan fingerprint density at radius 2 is 1.05 bits per heavy atom. The van der Waals surface area contributed by atoms with Crippen LogP contribution in [0.3, 0.4) is 0 Å². The van der Waals surface area contributed by atoms with Crippen LogP contribution in [-0.4, -0.2) is 0 Å². The molecular formula is C20H18BrN. The molecule has 0 heterocycles. The zero-order valence-corrected chi connectivity index (χ0v) is 13.9. The number of nitrogens with zero attached hydrogens (tertiary/aromatic N) is 1. The van der Waals surface area contributed by atoms with Gasteiger partial charge in [0.05, 0.1) is 0 Å². The molecule has 22 heavy (non-hydrogen) atoms. The molecule has 0 amide bonds. The molecule has 0 fully saturated rings. The van der Waals surface area contributed by atoms with Gasteiger partial charge >= 0.3 is 0 Å².